The van der Waals surface area contributed by atoms with Crippen LogP contribution in [0.4, 0.5) is 0 Å². The first-order valence-electron chi connectivity index (χ1n) is 4.50. The van der Waals surface area contributed by atoms with E-state index in [1.807, 2.05) is 0 Å². The van der Waals surface area contributed by atoms with Gasteiger partial charge in [-0.3, -0.25) is 9.20 Å². The number of pyridine rings is 1. The van der Waals surface area contributed by atoms with Crippen LogP contribution < -0.4 is 10.3 Å². The van der Waals surface area contributed by atoms with Gasteiger partial charge in [0, 0.05) is 6.20 Å². The smallest absolute Gasteiger partial charge is 0.341 e. The summed E-state index contributed by atoms with van der Waals surface area (Å²) in [6.45, 7) is -0.518. The summed E-state index contributed by atoms with van der Waals surface area (Å²) in [5, 5.41) is 8.42. The van der Waals surface area contributed by atoms with Crippen molar-refractivity contribution in [2.75, 3.05) is 6.61 Å². The van der Waals surface area contributed by atoms with Gasteiger partial charge in [-0.25, -0.2) is 4.79 Å². The molecule has 2 rings (SSSR count). The Morgan fingerprint density at radius 1 is 1.50 bits per heavy atom. The molecule has 0 aliphatic heterocycles. The first-order chi connectivity index (χ1) is 7.66. The van der Waals surface area contributed by atoms with E-state index in [1.54, 1.807) is 24.4 Å². The van der Waals surface area contributed by atoms with Crippen molar-refractivity contribution >= 4 is 11.6 Å². The third-order valence-electron chi connectivity index (χ3n) is 1.89. The predicted octanol–water partition coefficient (Wildman–Crippen LogP) is 0.158. The lowest BCUT2D eigenvalue weighted by Crippen LogP contribution is -2.16. The molecule has 0 saturated carbocycles. The third kappa shape index (κ3) is 2.00. The highest BCUT2D eigenvalue weighted by Crippen LogP contribution is 2.05. The second-order valence-electron chi connectivity index (χ2n) is 3.04. The molecule has 0 saturated heterocycles. The van der Waals surface area contributed by atoms with Gasteiger partial charge in [-0.05, 0) is 12.1 Å². The zero-order valence-corrected chi connectivity index (χ0v) is 8.16. The molecule has 16 heavy (non-hydrogen) atoms. The van der Waals surface area contributed by atoms with Gasteiger partial charge in [0.25, 0.3) is 5.56 Å². The van der Waals surface area contributed by atoms with Crippen LogP contribution in [0.15, 0.2) is 35.3 Å². The van der Waals surface area contributed by atoms with Crippen LogP contribution in [0.5, 0.6) is 5.88 Å². The number of fused-ring (bicyclic) bond motifs is 1. The molecule has 2 aromatic heterocycles. The van der Waals surface area contributed by atoms with Crippen molar-refractivity contribution < 1.29 is 14.6 Å². The maximum Gasteiger partial charge on any atom is 0.341 e. The van der Waals surface area contributed by atoms with Gasteiger partial charge in [0.05, 0.1) is 6.07 Å². The molecule has 0 atom stereocenters. The average molecular weight is 220 g/mol. The molecule has 0 amide bonds. The van der Waals surface area contributed by atoms with E-state index in [0.29, 0.717) is 5.65 Å². The number of carboxylic acid groups (broad SMARTS) is 1. The van der Waals surface area contributed by atoms with Crippen molar-refractivity contribution in [2.24, 2.45) is 0 Å². The van der Waals surface area contributed by atoms with Crippen LogP contribution in [-0.2, 0) is 4.79 Å². The number of hydrogen-bond donors (Lipinski definition) is 1. The second-order valence-corrected chi connectivity index (χ2v) is 3.04. The molecule has 6 nitrogen and oxygen atoms in total. The molecule has 0 radical (unpaired) electrons. The Hall–Kier alpha value is -2.37. The van der Waals surface area contributed by atoms with Gasteiger partial charge >= 0.3 is 5.97 Å². The number of aromatic nitrogens is 2. The van der Waals surface area contributed by atoms with Crippen LogP contribution in [0.25, 0.3) is 5.65 Å². The van der Waals surface area contributed by atoms with Crippen LogP contribution in [0.3, 0.4) is 0 Å². The minimum absolute atomic E-state index is 0.0126. The van der Waals surface area contributed by atoms with E-state index in [9.17, 15) is 9.59 Å². The molecule has 2 aromatic rings. The van der Waals surface area contributed by atoms with Crippen molar-refractivity contribution in [3.63, 3.8) is 0 Å². The molecule has 0 aliphatic rings. The van der Waals surface area contributed by atoms with E-state index in [-0.39, 0.29) is 11.4 Å². The number of hydrogen-bond acceptors (Lipinski definition) is 4. The highest BCUT2D eigenvalue weighted by atomic mass is 16.5. The number of carboxylic acids is 1. The first kappa shape index (κ1) is 10.2. The van der Waals surface area contributed by atoms with Crippen molar-refractivity contribution in [2.45, 2.75) is 0 Å². The molecule has 0 spiro atoms. The molecule has 0 aliphatic carbocycles. The standard InChI is InChI=1S/C10H8N2O4/c13-9-5-8(16-6-10(14)15)11-7-3-1-2-4-12(7)9/h1-5H,6H2,(H,14,15). The third-order valence-corrected chi connectivity index (χ3v) is 1.89. The molecule has 2 heterocycles. The highest BCUT2D eigenvalue weighted by Gasteiger charge is 2.04. The zero-order chi connectivity index (χ0) is 11.5. The summed E-state index contributed by atoms with van der Waals surface area (Å²) in [6.07, 6.45) is 1.58. The van der Waals surface area contributed by atoms with Crippen LogP contribution in [0, 0.1) is 0 Å². The van der Waals surface area contributed by atoms with Crippen LogP contribution >= 0.6 is 0 Å². The molecular formula is C10H8N2O4. The molecule has 1 N–H and O–H groups in total. The molecule has 0 unspecified atom stereocenters. The van der Waals surface area contributed by atoms with Crippen molar-refractivity contribution in [3.05, 3.63) is 40.8 Å². The lowest BCUT2D eigenvalue weighted by molar-refractivity contribution is -0.139. The van der Waals surface area contributed by atoms with E-state index >= 15 is 0 Å². The molecule has 82 valence electrons. The average Bonchev–Trinajstić information content (AvgIpc) is 2.26. The van der Waals surface area contributed by atoms with E-state index < -0.39 is 12.6 Å². The summed E-state index contributed by atoms with van der Waals surface area (Å²) >= 11 is 0. The van der Waals surface area contributed by atoms with Gasteiger partial charge in [-0.15, -0.1) is 0 Å². The summed E-state index contributed by atoms with van der Waals surface area (Å²) in [7, 11) is 0. The minimum atomic E-state index is -1.12. The summed E-state index contributed by atoms with van der Waals surface area (Å²) in [5.41, 5.74) is 0.0985. The number of carbonyl (C=O) groups is 1. The minimum Gasteiger partial charge on any atom is -0.479 e. The maximum atomic E-state index is 11.5. The molecule has 0 bridgehead atoms. The topological polar surface area (TPSA) is 80.9 Å². The fourth-order valence-electron chi connectivity index (χ4n) is 1.24. The normalized spacial score (nSPS) is 10.2. The number of ether oxygens (including phenoxy) is 1. The van der Waals surface area contributed by atoms with Crippen LogP contribution in [-0.4, -0.2) is 27.1 Å². The number of aliphatic carboxylic acids is 1. The molecule has 0 fully saturated rings. The quantitative estimate of drug-likeness (QED) is 0.796. The predicted molar refractivity (Wildman–Crippen MR) is 54.6 cm³/mol. The lowest BCUT2D eigenvalue weighted by Gasteiger charge is -2.03. The number of nitrogens with zero attached hydrogens (tertiary/aromatic N) is 2. The Labute approximate surface area is 89.7 Å². The van der Waals surface area contributed by atoms with Gasteiger partial charge < -0.3 is 9.84 Å². The second kappa shape index (κ2) is 4.01. The lowest BCUT2D eigenvalue weighted by atomic mass is 10.4. The highest BCUT2D eigenvalue weighted by molar-refractivity contribution is 5.68. The number of rotatable bonds is 3. The van der Waals surface area contributed by atoms with E-state index in [1.165, 1.54) is 4.40 Å². The summed E-state index contributed by atoms with van der Waals surface area (Å²) < 4.78 is 6.17. The van der Waals surface area contributed by atoms with E-state index in [2.05, 4.69) is 4.98 Å². The molecule has 0 aromatic carbocycles. The largest absolute Gasteiger partial charge is 0.479 e. The van der Waals surface area contributed by atoms with Gasteiger partial charge in [-0.2, -0.15) is 4.98 Å². The van der Waals surface area contributed by atoms with E-state index in [0.717, 1.165) is 6.07 Å². The Morgan fingerprint density at radius 2 is 2.31 bits per heavy atom. The molecule has 6 heteroatoms. The van der Waals surface area contributed by atoms with Gasteiger partial charge in [0.2, 0.25) is 5.88 Å². The Balaban J connectivity index is 2.42. The Kier molecular flexibility index (Phi) is 2.55. The summed E-state index contributed by atoms with van der Waals surface area (Å²) in [5.74, 6) is -1.10. The SMILES string of the molecule is O=C(O)COc1cc(=O)n2ccccc2n1. The first-order valence-corrected chi connectivity index (χ1v) is 4.50. The fraction of sp³-hybridized carbons (Fsp3) is 0.100. The van der Waals surface area contributed by atoms with Crippen LogP contribution in [0.1, 0.15) is 0 Å². The van der Waals surface area contributed by atoms with Crippen molar-refractivity contribution in [1.29, 1.82) is 0 Å². The fourth-order valence-corrected chi connectivity index (χ4v) is 1.24. The monoisotopic (exact) mass is 220 g/mol. The Bertz CT molecular complexity index is 591. The van der Waals surface area contributed by atoms with Crippen molar-refractivity contribution in [1.82, 2.24) is 9.38 Å². The van der Waals surface area contributed by atoms with E-state index in [4.69, 9.17) is 9.84 Å². The van der Waals surface area contributed by atoms with Gasteiger partial charge in [0.1, 0.15) is 5.65 Å². The maximum absolute atomic E-state index is 11.5. The van der Waals surface area contributed by atoms with Gasteiger partial charge in [-0.1, -0.05) is 6.07 Å². The zero-order valence-electron chi connectivity index (χ0n) is 8.16. The summed E-state index contributed by atoms with van der Waals surface area (Å²) in [4.78, 5) is 25.8. The molecular weight excluding hydrogens is 212 g/mol. The van der Waals surface area contributed by atoms with Crippen LogP contribution in [0.2, 0.25) is 0 Å². The van der Waals surface area contributed by atoms with Gasteiger partial charge in [0.15, 0.2) is 6.61 Å². The summed E-state index contributed by atoms with van der Waals surface area (Å²) in [6, 6.07) is 6.21. The Morgan fingerprint density at radius 3 is 3.06 bits per heavy atom. The van der Waals surface area contributed by atoms with Crippen molar-refractivity contribution in [3.8, 4) is 5.88 Å².